The van der Waals surface area contributed by atoms with Gasteiger partial charge in [0.25, 0.3) is 0 Å². The molecule has 3 N–H and O–H groups in total. The van der Waals surface area contributed by atoms with Crippen LogP contribution in [0.25, 0.3) is 0 Å². The van der Waals surface area contributed by atoms with E-state index in [1.165, 1.54) is 392 Å². The lowest BCUT2D eigenvalue weighted by Crippen LogP contribution is -2.45. The Morgan fingerprint density at radius 2 is 0.547 bits per heavy atom. The third-order valence-corrected chi connectivity index (χ3v) is 19.1. The molecule has 0 saturated carbocycles. The van der Waals surface area contributed by atoms with Crippen LogP contribution in [0, 0.1) is 0 Å². The average molecular weight is 1210 g/mol. The van der Waals surface area contributed by atoms with Crippen molar-refractivity contribution in [3.8, 4) is 0 Å². The molecule has 1 amide bonds. The highest BCUT2D eigenvalue weighted by Crippen LogP contribution is 2.20. The van der Waals surface area contributed by atoms with Crippen molar-refractivity contribution in [2.75, 3.05) is 13.2 Å². The molecular weight excluding hydrogens is 1050 g/mol. The van der Waals surface area contributed by atoms with Crippen LogP contribution < -0.4 is 5.32 Å². The molecular formula is C80H157NO5. The SMILES string of the molecule is CCCCCCCCCCCCCCCCCCCCCCCCC(O)C(CO)NC(=O)CCCCCCCCCCCCCCC/C=C\CCCCCCCCCCCCCCOC(=O)CCCCCCCCCCCCCCCCCCCC. The van der Waals surface area contributed by atoms with Gasteiger partial charge in [0.1, 0.15) is 0 Å². The number of aliphatic hydroxyl groups is 2. The molecule has 0 aliphatic heterocycles. The molecule has 0 radical (unpaired) electrons. The molecule has 0 aliphatic rings. The molecule has 0 spiro atoms. The highest BCUT2D eigenvalue weighted by molar-refractivity contribution is 5.76. The molecule has 0 fully saturated rings. The van der Waals surface area contributed by atoms with Crippen molar-refractivity contribution in [3.63, 3.8) is 0 Å². The smallest absolute Gasteiger partial charge is 0.305 e. The van der Waals surface area contributed by atoms with Gasteiger partial charge in [-0.2, -0.15) is 0 Å². The summed E-state index contributed by atoms with van der Waals surface area (Å²) >= 11 is 0. The largest absolute Gasteiger partial charge is 0.466 e. The van der Waals surface area contributed by atoms with Crippen LogP contribution in [-0.2, 0) is 14.3 Å². The number of nitrogens with one attached hydrogen (secondary N) is 1. The second-order valence-electron chi connectivity index (χ2n) is 27.8. The number of rotatable bonds is 76. The van der Waals surface area contributed by atoms with Gasteiger partial charge in [0.2, 0.25) is 5.91 Å². The molecule has 0 aromatic rings. The van der Waals surface area contributed by atoms with Crippen molar-refractivity contribution in [2.24, 2.45) is 0 Å². The number of allylic oxidation sites excluding steroid dienone is 2. The van der Waals surface area contributed by atoms with E-state index in [0.29, 0.717) is 25.9 Å². The van der Waals surface area contributed by atoms with Crippen molar-refractivity contribution in [1.29, 1.82) is 0 Å². The van der Waals surface area contributed by atoms with Crippen molar-refractivity contribution < 1.29 is 24.5 Å². The molecule has 2 atom stereocenters. The number of unbranched alkanes of at least 4 members (excludes halogenated alkanes) is 63. The Bertz CT molecular complexity index is 1300. The number of ether oxygens (including phenoxy) is 1. The van der Waals surface area contributed by atoms with Gasteiger partial charge in [-0.1, -0.05) is 411 Å². The Kier molecular flexibility index (Phi) is 74.8. The van der Waals surface area contributed by atoms with Gasteiger partial charge < -0.3 is 20.3 Å². The van der Waals surface area contributed by atoms with Gasteiger partial charge in [-0.25, -0.2) is 0 Å². The molecule has 0 heterocycles. The fourth-order valence-electron chi connectivity index (χ4n) is 13.0. The standard InChI is InChI=1S/C80H157NO5/c1-3-5-7-9-11-13-15-17-19-21-23-24-34-37-40-44-48-52-56-60-64-68-72-78(83)77(76-82)81-79(84)73-69-65-61-57-53-49-45-41-38-35-32-30-28-26-25-27-29-31-33-36-39-43-47-51-55-59-63-67-71-75-86-80(85)74-70-66-62-58-54-50-46-42-22-20-18-16-14-12-10-8-6-4-2/h25,27,77-78,82-83H,3-24,26,28-76H2,1-2H3,(H,81,84)/b27-25-. The van der Waals surface area contributed by atoms with E-state index in [9.17, 15) is 19.8 Å². The molecule has 512 valence electrons. The predicted molar refractivity (Wildman–Crippen MR) is 380 cm³/mol. The van der Waals surface area contributed by atoms with Gasteiger partial charge in [0, 0.05) is 12.8 Å². The van der Waals surface area contributed by atoms with Crippen LogP contribution in [0.2, 0.25) is 0 Å². The molecule has 0 aromatic heterocycles. The lowest BCUT2D eigenvalue weighted by atomic mass is 10.0. The Hall–Kier alpha value is -1.40. The fraction of sp³-hybridized carbons (Fsp3) is 0.950. The summed E-state index contributed by atoms with van der Waals surface area (Å²) in [4.78, 5) is 24.7. The van der Waals surface area contributed by atoms with E-state index in [-0.39, 0.29) is 18.5 Å². The van der Waals surface area contributed by atoms with Crippen molar-refractivity contribution in [1.82, 2.24) is 5.32 Å². The second kappa shape index (κ2) is 76.1. The van der Waals surface area contributed by atoms with Crippen LogP contribution in [0.1, 0.15) is 463 Å². The minimum Gasteiger partial charge on any atom is -0.466 e. The van der Waals surface area contributed by atoms with Crippen LogP contribution in [0.15, 0.2) is 12.2 Å². The van der Waals surface area contributed by atoms with Gasteiger partial charge >= 0.3 is 5.97 Å². The van der Waals surface area contributed by atoms with Gasteiger partial charge in [0.05, 0.1) is 25.4 Å². The first-order valence-corrected chi connectivity index (χ1v) is 39.9. The van der Waals surface area contributed by atoms with Crippen LogP contribution in [0.5, 0.6) is 0 Å². The fourth-order valence-corrected chi connectivity index (χ4v) is 13.0. The number of hydrogen-bond donors (Lipinski definition) is 3. The monoisotopic (exact) mass is 1210 g/mol. The van der Waals surface area contributed by atoms with Crippen LogP contribution in [0.3, 0.4) is 0 Å². The third kappa shape index (κ3) is 71.7. The first-order valence-electron chi connectivity index (χ1n) is 39.9. The number of amides is 1. The summed E-state index contributed by atoms with van der Waals surface area (Å²) in [5.74, 6) is -0.00596. The van der Waals surface area contributed by atoms with E-state index in [2.05, 4.69) is 31.3 Å². The van der Waals surface area contributed by atoms with Crippen LogP contribution in [-0.4, -0.2) is 47.4 Å². The lowest BCUT2D eigenvalue weighted by Gasteiger charge is -2.22. The molecule has 0 aliphatic carbocycles. The Morgan fingerprint density at radius 3 is 0.826 bits per heavy atom. The van der Waals surface area contributed by atoms with Crippen LogP contribution >= 0.6 is 0 Å². The second-order valence-corrected chi connectivity index (χ2v) is 27.8. The molecule has 0 bridgehead atoms. The van der Waals surface area contributed by atoms with E-state index in [1.54, 1.807) is 0 Å². The maximum absolute atomic E-state index is 12.6. The minimum atomic E-state index is -0.665. The summed E-state index contributed by atoms with van der Waals surface area (Å²) in [6.45, 7) is 5.02. The van der Waals surface area contributed by atoms with E-state index in [1.807, 2.05) is 0 Å². The van der Waals surface area contributed by atoms with Crippen LogP contribution in [0.4, 0.5) is 0 Å². The van der Waals surface area contributed by atoms with Gasteiger partial charge in [-0.15, -0.1) is 0 Å². The Morgan fingerprint density at radius 1 is 0.314 bits per heavy atom. The summed E-state index contributed by atoms with van der Waals surface area (Å²) in [7, 11) is 0. The zero-order valence-electron chi connectivity index (χ0n) is 58.8. The van der Waals surface area contributed by atoms with E-state index in [0.717, 1.165) is 38.5 Å². The third-order valence-electron chi connectivity index (χ3n) is 19.1. The molecule has 86 heavy (non-hydrogen) atoms. The highest BCUT2D eigenvalue weighted by Gasteiger charge is 2.20. The topological polar surface area (TPSA) is 95.9 Å². The highest BCUT2D eigenvalue weighted by atomic mass is 16.5. The Labute approximate surface area is 539 Å². The molecule has 6 heteroatoms. The minimum absolute atomic E-state index is 0.0224. The Balaban J connectivity index is 3.35. The van der Waals surface area contributed by atoms with Gasteiger partial charge in [0.15, 0.2) is 0 Å². The normalized spacial score (nSPS) is 12.5. The summed E-state index contributed by atoms with van der Waals surface area (Å²) in [6.07, 6.45) is 95.9. The summed E-state index contributed by atoms with van der Waals surface area (Å²) < 4.78 is 5.52. The molecule has 6 nitrogen and oxygen atoms in total. The lowest BCUT2D eigenvalue weighted by molar-refractivity contribution is -0.143. The first-order chi connectivity index (χ1) is 42.5. The van der Waals surface area contributed by atoms with Crippen molar-refractivity contribution in [2.45, 2.75) is 475 Å². The maximum atomic E-state index is 12.6. The predicted octanol–water partition coefficient (Wildman–Crippen LogP) is 26.3. The number of aliphatic hydroxyl groups excluding tert-OH is 2. The molecule has 0 rings (SSSR count). The summed E-state index contributed by atoms with van der Waals surface area (Å²) in [6, 6.07) is -0.542. The van der Waals surface area contributed by atoms with E-state index in [4.69, 9.17) is 4.74 Å². The summed E-state index contributed by atoms with van der Waals surface area (Å²) in [5, 5.41) is 23.5. The first kappa shape index (κ1) is 84.6. The number of carbonyl (C=O) groups is 2. The summed E-state index contributed by atoms with van der Waals surface area (Å²) in [5.41, 5.74) is 0. The number of hydrogen-bond acceptors (Lipinski definition) is 5. The average Bonchev–Trinajstić information content (AvgIpc) is 3.54. The van der Waals surface area contributed by atoms with Crippen molar-refractivity contribution in [3.05, 3.63) is 12.2 Å². The molecule has 2 unspecified atom stereocenters. The molecule has 0 aromatic carbocycles. The number of esters is 1. The zero-order valence-corrected chi connectivity index (χ0v) is 58.8. The van der Waals surface area contributed by atoms with Crippen molar-refractivity contribution >= 4 is 11.9 Å². The number of carbonyl (C=O) groups excluding carboxylic acids is 2. The van der Waals surface area contributed by atoms with E-state index >= 15 is 0 Å². The van der Waals surface area contributed by atoms with E-state index < -0.39 is 12.1 Å². The maximum Gasteiger partial charge on any atom is 0.305 e. The van der Waals surface area contributed by atoms with Gasteiger partial charge in [-0.05, 0) is 51.4 Å². The molecule has 0 saturated heterocycles. The van der Waals surface area contributed by atoms with Gasteiger partial charge in [-0.3, -0.25) is 9.59 Å². The quantitative estimate of drug-likeness (QED) is 0.0320. The zero-order chi connectivity index (χ0) is 62.0.